The molecule has 0 fully saturated rings. The van der Waals surface area contributed by atoms with Gasteiger partial charge >= 0.3 is 44.2 Å². The lowest BCUT2D eigenvalue weighted by atomic mass is 9.95. The summed E-state index contributed by atoms with van der Waals surface area (Å²) in [6, 6.07) is 0. The van der Waals surface area contributed by atoms with Crippen molar-refractivity contribution in [2.75, 3.05) is 19.8 Å². The van der Waals surface area contributed by atoms with Crippen molar-refractivity contribution in [2.24, 2.45) is 0 Å². The van der Waals surface area contributed by atoms with Gasteiger partial charge in [0.2, 0.25) is 0 Å². The van der Waals surface area contributed by atoms with Crippen LogP contribution in [0.4, 0.5) is 57.1 Å². The van der Waals surface area contributed by atoms with Crippen LogP contribution >= 0.6 is 0 Å². The van der Waals surface area contributed by atoms with Gasteiger partial charge in [0.15, 0.2) is 0 Å². The fraction of sp³-hybridized carbons (Fsp3) is 1.00. The van der Waals surface area contributed by atoms with Crippen LogP contribution in [0.3, 0.4) is 0 Å². The summed E-state index contributed by atoms with van der Waals surface area (Å²) in [4.78, 5) is 0. The first-order valence-corrected chi connectivity index (χ1v) is 11.7. The highest BCUT2D eigenvalue weighted by Gasteiger charge is 2.91. The van der Waals surface area contributed by atoms with Crippen molar-refractivity contribution in [1.82, 2.24) is 0 Å². The average molecular weight is 552 g/mol. The second-order valence-corrected chi connectivity index (χ2v) is 9.83. The molecule has 0 rings (SSSR count). The van der Waals surface area contributed by atoms with Crippen molar-refractivity contribution in [3.63, 3.8) is 0 Å². The van der Waals surface area contributed by atoms with Crippen molar-refractivity contribution in [2.45, 2.75) is 88.3 Å². The lowest BCUT2D eigenvalue weighted by Gasteiger charge is -2.43. The van der Waals surface area contributed by atoms with Gasteiger partial charge in [0.25, 0.3) is 0 Å². The van der Waals surface area contributed by atoms with Crippen molar-refractivity contribution >= 4 is 8.80 Å². The Morgan fingerprint density at radius 2 is 0.853 bits per heavy atom. The fourth-order valence-electron chi connectivity index (χ4n) is 2.38. The molecule has 0 N–H and O–H groups in total. The van der Waals surface area contributed by atoms with Crippen molar-refractivity contribution < 1.29 is 70.4 Å². The molecule has 34 heavy (non-hydrogen) atoms. The van der Waals surface area contributed by atoms with Gasteiger partial charge in [-0.15, -0.1) is 0 Å². The highest BCUT2D eigenvalue weighted by atomic mass is 28.4. The van der Waals surface area contributed by atoms with E-state index in [2.05, 4.69) is 13.3 Å². The van der Waals surface area contributed by atoms with Crippen LogP contribution in [-0.2, 0) is 13.3 Å². The number of alkyl halides is 13. The standard InChI is InChI=1S/C17H25F13O3Si/c1-4-9-31-34(32-10-5-2,33-11-6-3)17(29,30)16(27,28)15(25,26)14(23,24)12(18,19)7-8-13(20,21)22/h4-11H2,1-3H3. The first-order valence-electron chi connectivity index (χ1n) is 10.0. The summed E-state index contributed by atoms with van der Waals surface area (Å²) in [5.74, 6) is -28.6. The maximum atomic E-state index is 15.0. The minimum atomic E-state index is -7.56. The van der Waals surface area contributed by atoms with E-state index in [0.717, 1.165) is 0 Å². The van der Waals surface area contributed by atoms with Gasteiger partial charge in [0.05, 0.1) is 0 Å². The van der Waals surface area contributed by atoms with E-state index in [-0.39, 0.29) is 19.3 Å². The summed E-state index contributed by atoms with van der Waals surface area (Å²) in [6.07, 6.45) is -11.9. The van der Waals surface area contributed by atoms with Crippen LogP contribution in [0.5, 0.6) is 0 Å². The number of halogens is 13. The van der Waals surface area contributed by atoms with Crippen LogP contribution in [0, 0.1) is 0 Å². The third-order valence-corrected chi connectivity index (χ3v) is 7.07. The summed E-state index contributed by atoms with van der Waals surface area (Å²) in [5, 5.41) is 0. The molecule has 0 aromatic rings. The fourth-order valence-corrected chi connectivity index (χ4v) is 5.13. The topological polar surface area (TPSA) is 27.7 Å². The molecule has 0 aromatic heterocycles. The second kappa shape index (κ2) is 11.5. The molecule has 0 heterocycles. The molecule has 206 valence electrons. The van der Waals surface area contributed by atoms with Crippen LogP contribution in [0.25, 0.3) is 0 Å². The number of rotatable bonds is 16. The highest BCUT2D eigenvalue weighted by molar-refractivity contribution is 6.63. The van der Waals surface area contributed by atoms with E-state index in [4.69, 9.17) is 0 Å². The number of hydrogen-bond donors (Lipinski definition) is 0. The maximum absolute atomic E-state index is 15.0. The molecule has 0 aliphatic carbocycles. The molecule has 0 saturated carbocycles. The summed E-state index contributed by atoms with van der Waals surface area (Å²) in [5.41, 5.74) is -6.40. The lowest BCUT2D eigenvalue weighted by molar-refractivity contribution is -0.397. The molecule has 0 radical (unpaired) electrons. The molecule has 3 nitrogen and oxygen atoms in total. The molecule has 0 spiro atoms. The smallest absolute Gasteiger partial charge is 0.370 e. The predicted molar refractivity (Wildman–Crippen MR) is 94.5 cm³/mol. The van der Waals surface area contributed by atoms with Crippen LogP contribution in [0.15, 0.2) is 0 Å². The Labute approximate surface area is 188 Å². The molecular weight excluding hydrogens is 527 g/mol. The van der Waals surface area contributed by atoms with Crippen molar-refractivity contribution in [3.05, 3.63) is 0 Å². The van der Waals surface area contributed by atoms with E-state index in [1.165, 1.54) is 20.8 Å². The normalized spacial score (nSPS) is 15.2. The van der Waals surface area contributed by atoms with Crippen LogP contribution in [0.1, 0.15) is 52.9 Å². The van der Waals surface area contributed by atoms with Crippen molar-refractivity contribution in [3.8, 4) is 0 Å². The molecule has 0 atom stereocenters. The van der Waals surface area contributed by atoms with E-state index in [1.54, 1.807) is 0 Å². The van der Waals surface area contributed by atoms with Crippen LogP contribution in [-0.4, -0.2) is 64.0 Å². The van der Waals surface area contributed by atoms with Crippen molar-refractivity contribution in [1.29, 1.82) is 0 Å². The highest BCUT2D eigenvalue weighted by Crippen LogP contribution is 2.60. The lowest BCUT2D eigenvalue weighted by Crippen LogP contribution is -2.76. The Kier molecular flexibility index (Phi) is 11.2. The van der Waals surface area contributed by atoms with E-state index in [0.29, 0.717) is 0 Å². The molecule has 0 aliphatic heterocycles. The Hall–Kier alpha value is -0.813. The Morgan fingerprint density at radius 1 is 0.500 bits per heavy atom. The summed E-state index contributed by atoms with van der Waals surface area (Å²) in [6.45, 7) is 1.32. The first-order chi connectivity index (χ1) is 15.1. The summed E-state index contributed by atoms with van der Waals surface area (Å²) in [7, 11) is -6.34. The molecule has 0 aliphatic rings. The van der Waals surface area contributed by atoms with Gasteiger partial charge < -0.3 is 13.3 Å². The van der Waals surface area contributed by atoms with Crippen LogP contribution in [0.2, 0.25) is 0 Å². The summed E-state index contributed by atoms with van der Waals surface area (Å²) >= 11 is 0. The Balaban J connectivity index is 6.62. The Morgan fingerprint density at radius 3 is 1.15 bits per heavy atom. The molecule has 0 saturated heterocycles. The molecule has 0 bridgehead atoms. The molecular formula is C17H25F13O3Si. The van der Waals surface area contributed by atoms with Gasteiger partial charge in [-0.05, 0) is 19.3 Å². The first kappa shape index (κ1) is 33.2. The van der Waals surface area contributed by atoms with Crippen LogP contribution < -0.4 is 0 Å². The maximum Gasteiger partial charge on any atom is 0.582 e. The molecule has 0 amide bonds. The van der Waals surface area contributed by atoms with Gasteiger partial charge in [0.1, 0.15) is 0 Å². The monoisotopic (exact) mass is 552 g/mol. The van der Waals surface area contributed by atoms with E-state index < -0.39 is 76.9 Å². The molecule has 17 heteroatoms. The minimum absolute atomic E-state index is 0.177. The largest absolute Gasteiger partial charge is 0.582 e. The zero-order chi connectivity index (χ0) is 27.3. The van der Waals surface area contributed by atoms with Gasteiger partial charge in [-0.2, -0.15) is 57.1 Å². The third kappa shape index (κ3) is 6.49. The second-order valence-electron chi connectivity index (χ2n) is 7.22. The van der Waals surface area contributed by atoms with Gasteiger partial charge in [-0.25, -0.2) is 0 Å². The SMILES string of the molecule is CCCO[Si](OCCC)(OCCC)C(F)(F)C(F)(F)C(F)(F)C(F)(F)C(F)(F)CCC(F)(F)F. The number of hydrogen-bond acceptors (Lipinski definition) is 3. The molecule has 0 unspecified atom stereocenters. The minimum Gasteiger partial charge on any atom is -0.370 e. The Bertz CT molecular complexity index is 605. The third-order valence-electron chi connectivity index (χ3n) is 4.24. The molecule has 0 aromatic carbocycles. The van der Waals surface area contributed by atoms with Gasteiger partial charge in [-0.3, -0.25) is 0 Å². The predicted octanol–water partition coefficient (Wildman–Crippen LogP) is 7.26. The average Bonchev–Trinajstić information content (AvgIpc) is 2.70. The quantitative estimate of drug-likeness (QED) is 0.149. The van der Waals surface area contributed by atoms with Gasteiger partial charge in [0, 0.05) is 32.7 Å². The van der Waals surface area contributed by atoms with E-state index in [1.807, 2.05) is 0 Å². The zero-order valence-corrected chi connectivity index (χ0v) is 19.3. The zero-order valence-electron chi connectivity index (χ0n) is 18.3. The van der Waals surface area contributed by atoms with E-state index >= 15 is 0 Å². The summed E-state index contributed by atoms with van der Waals surface area (Å²) < 4.78 is 193. The van der Waals surface area contributed by atoms with Gasteiger partial charge in [-0.1, -0.05) is 20.8 Å². The van der Waals surface area contributed by atoms with E-state index in [9.17, 15) is 57.1 Å².